The van der Waals surface area contributed by atoms with Crippen molar-refractivity contribution >= 4 is 11.7 Å². The molecule has 1 rings (SSSR count). The molecule has 0 amide bonds. The quantitative estimate of drug-likeness (QED) is 0.235. The van der Waals surface area contributed by atoms with Gasteiger partial charge in [0.15, 0.2) is 0 Å². The lowest BCUT2D eigenvalue weighted by molar-refractivity contribution is -0.873. The highest BCUT2D eigenvalue weighted by Crippen LogP contribution is 2.30. The zero-order valence-electron chi connectivity index (χ0n) is 16.6. The highest BCUT2D eigenvalue weighted by Gasteiger charge is 2.31. The molecule has 0 radical (unpaired) electrons. The van der Waals surface area contributed by atoms with Crippen LogP contribution >= 0.6 is 0 Å². The van der Waals surface area contributed by atoms with Gasteiger partial charge in [-0.3, -0.25) is 0 Å². The zero-order chi connectivity index (χ0) is 18.0. The van der Waals surface area contributed by atoms with Crippen molar-refractivity contribution < 1.29 is 14.1 Å². The summed E-state index contributed by atoms with van der Waals surface area (Å²) in [6.07, 6.45) is 11.1. The minimum atomic E-state index is -0.168. The van der Waals surface area contributed by atoms with Gasteiger partial charge in [0.2, 0.25) is 0 Å². The van der Waals surface area contributed by atoms with E-state index >= 15 is 0 Å². The monoisotopic (exact) mass is 339 g/mol. The summed E-state index contributed by atoms with van der Waals surface area (Å²) in [6, 6.07) is 0. The van der Waals surface area contributed by atoms with Gasteiger partial charge in [-0.25, -0.2) is 4.79 Å². The summed E-state index contributed by atoms with van der Waals surface area (Å²) in [6.45, 7) is 5.57. The molecule has 2 atom stereocenters. The van der Waals surface area contributed by atoms with Crippen molar-refractivity contribution in [3.05, 3.63) is 0 Å². The van der Waals surface area contributed by atoms with Crippen LogP contribution in [0, 0.1) is 11.8 Å². The van der Waals surface area contributed by atoms with Gasteiger partial charge in [0.1, 0.15) is 0 Å². The second-order valence-corrected chi connectivity index (χ2v) is 8.60. The molecular formula is C20H39N2O2+. The van der Waals surface area contributed by atoms with E-state index in [0.29, 0.717) is 18.3 Å². The number of unbranched alkanes of at least 4 members (excludes halogenated alkanes) is 6. The first-order chi connectivity index (χ1) is 11.3. The van der Waals surface area contributed by atoms with Crippen molar-refractivity contribution in [1.29, 1.82) is 0 Å². The molecule has 0 N–H and O–H groups in total. The maximum atomic E-state index is 11.8. The van der Waals surface area contributed by atoms with Crippen LogP contribution in [0.4, 0.5) is 0 Å². The molecule has 0 aliphatic heterocycles. The van der Waals surface area contributed by atoms with Gasteiger partial charge in [-0.1, -0.05) is 57.5 Å². The summed E-state index contributed by atoms with van der Waals surface area (Å²) >= 11 is 0. The smallest absolute Gasteiger partial charge is 0.331 e. The van der Waals surface area contributed by atoms with Crippen molar-refractivity contribution in [2.45, 2.75) is 78.1 Å². The number of nitrogens with zero attached hydrogens (tertiary/aromatic N) is 2. The van der Waals surface area contributed by atoms with Crippen molar-refractivity contribution in [1.82, 2.24) is 0 Å². The summed E-state index contributed by atoms with van der Waals surface area (Å²) in [5, 5.41) is 4.18. The van der Waals surface area contributed by atoms with E-state index in [4.69, 9.17) is 4.84 Å². The molecule has 0 bridgehead atoms. The van der Waals surface area contributed by atoms with Crippen LogP contribution in [0.1, 0.15) is 78.1 Å². The molecule has 1 fully saturated rings. The summed E-state index contributed by atoms with van der Waals surface area (Å²) in [5.74, 6) is 0.923. The number of oxime groups is 1. The SMILES string of the molecule is CCCCCCCCCC(=O)O/N=C1/C[C@@H](C[N+](C)(C)C)C[C@H]1C. The van der Waals surface area contributed by atoms with Crippen LogP contribution in [0.3, 0.4) is 0 Å². The normalized spacial score (nSPS) is 23.0. The van der Waals surface area contributed by atoms with E-state index < -0.39 is 0 Å². The number of carbonyl (C=O) groups is 1. The van der Waals surface area contributed by atoms with Gasteiger partial charge in [0.25, 0.3) is 0 Å². The van der Waals surface area contributed by atoms with Crippen molar-refractivity contribution in [2.24, 2.45) is 17.0 Å². The summed E-state index contributed by atoms with van der Waals surface area (Å²) in [4.78, 5) is 17.0. The molecule has 0 spiro atoms. The molecular weight excluding hydrogens is 300 g/mol. The fraction of sp³-hybridized carbons (Fsp3) is 0.900. The maximum Gasteiger partial charge on any atom is 0.335 e. The predicted octanol–water partition coefficient (Wildman–Crippen LogP) is 4.78. The fourth-order valence-corrected chi connectivity index (χ4v) is 3.64. The Morgan fingerprint density at radius 2 is 1.75 bits per heavy atom. The lowest BCUT2D eigenvalue weighted by atomic mass is 10.1. The number of quaternary nitrogens is 1. The van der Waals surface area contributed by atoms with Crippen LogP contribution in [0.2, 0.25) is 0 Å². The van der Waals surface area contributed by atoms with Crippen molar-refractivity contribution in [3.63, 3.8) is 0 Å². The molecule has 140 valence electrons. The Morgan fingerprint density at radius 3 is 2.38 bits per heavy atom. The van der Waals surface area contributed by atoms with Crippen LogP contribution in [-0.2, 0) is 9.63 Å². The second-order valence-electron chi connectivity index (χ2n) is 8.60. The van der Waals surface area contributed by atoms with Crippen molar-refractivity contribution in [3.8, 4) is 0 Å². The molecule has 24 heavy (non-hydrogen) atoms. The second kappa shape index (κ2) is 10.9. The van der Waals surface area contributed by atoms with E-state index in [1.165, 1.54) is 32.1 Å². The topological polar surface area (TPSA) is 38.7 Å². The average Bonchev–Trinajstić information content (AvgIpc) is 2.81. The van der Waals surface area contributed by atoms with Gasteiger partial charge >= 0.3 is 5.97 Å². The van der Waals surface area contributed by atoms with Gasteiger partial charge in [0, 0.05) is 12.3 Å². The first kappa shape index (κ1) is 21.1. The minimum Gasteiger partial charge on any atom is -0.331 e. The average molecular weight is 340 g/mol. The van der Waals surface area contributed by atoms with Crippen molar-refractivity contribution in [2.75, 3.05) is 27.7 Å². The molecule has 4 nitrogen and oxygen atoms in total. The lowest BCUT2D eigenvalue weighted by Gasteiger charge is -2.27. The van der Waals surface area contributed by atoms with Gasteiger partial charge in [-0.05, 0) is 25.2 Å². The van der Waals surface area contributed by atoms with Crippen LogP contribution in [0.25, 0.3) is 0 Å². The zero-order valence-corrected chi connectivity index (χ0v) is 16.6. The first-order valence-electron chi connectivity index (χ1n) is 9.89. The van der Waals surface area contributed by atoms with E-state index in [1.807, 2.05) is 0 Å². The molecule has 0 aromatic carbocycles. The Morgan fingerprint density at radius 1 is 1.12 bits per heavy atom. The van der Waals surface area contributed by atoms with Crippen LogP contribution in [0.5, 0.6) is 0 Å². The van der Waals surface area contributed by atoms with E-state index in [-0.39, 0.29) is 5.97 Å². The van der Waals surface area contributed by atoms with E-state index in [2.05, 4.69) is 40.1 Å². The van der Waals surface area contributed by atoms with Gasteiger partial charge < -0.3 is 9.32 Å². The maximum absolute atomic E-state index is 11.8. The molecule has 0 aromatic heterocycles. The standard InChI is InChI=1S/C20H39N2O2/c1-6-7-8-9-10-11-12-13-20(23)24-21-19-15-18(14-17(19)2)16-22(3,4)5/h17-18H,6-16H2,1-5H3/q+1/b21-19-/t17-,18+/m1/s1. The number of hydrogen-bond donors (Lipinski definition) is 0. The molecule has 0 aromatic rings. The van der Waals surface area contributed by atoms with E-state index in [9.17, 15) is 4.79 Å². The van der Waals surface area contributed by atoms with E-state index in [0.717, 1.165) is 42.4 Å². The molecule has 1 aliphatic rings. The van der Waals surface area contributed by atoms with Gasteiger partial charge in [0.05, 0.1) is 33.4 Å². The molecule has 0 heterocycles. The molecule has 4 heteroatoms. The summed E-state index contributed by atoms with van der Waals surface area (Å²) < 4.78 is 0.975. The van der Waals surface area contributed by atoms with Crippen LogP contribution in [-0.4, -0.2) is 43.9 Å². The Labute approximate surface area is 149 Å². The predicted molar refractivity (Wildman–Crippen MR) is 101 cm³/mol. The minimum absolute atomic E-state index is 0.168. The molecule has 1 aliphatic carbocycles. The summed E-state index contributed by atoms with van der Waals surface area (Å²) in [7, 11) is 6.67. The van der Waals surface area contributed by atoms with Gasteiger partial charge in [-0.2, -0.15) is 0 Å². The molecule has 1 saturated carbocycles. The first-order valence-corrected chi connectivity index (χ1v) is 9.89. The third kappa shape index (κ3) is 9.41. The molecule has 0 saturated heterocycles. The highest BCUT2D eigenvalue weighted by molar-refractivity contribution is 5.88. The van der Waals surface area contributed by atoms with Gasteiger partial charge in [-0.15, -0.1) is 0 Å². The largest absolute Gasteiger partial charge is 0.335 e. The molecule has 0 unspecified atom stereocenters. The highest BCUT2D eigenvalue weighted by atomic mass is 16.7. The Hall–Kier alpha value is -0.900. The Bertz CT molecular complexity index is 399. The van der Waals surface area contributed by atoms with Crippen LogP contribution < -0.4 is 0 Å². The third-order valence-corrected chi connectivity index (χ3v) is 4.81. The Balaban J connectivity index is 2.19. The van der Waals surface area contributed by atoms with Crippen LogP contribution in [0.15, 0.2) is 5.16 Å². The fourth-order valence-electron chi connectivity index (χ4n) is 3.64. The summed E-state index contributed by atoms with van der Waals surface area (Å²) in [5.41, 5.74) is 1.07. The lowest BCUT2D eigenvalue weighted by Crippen LogP contribution is -2.38. The number of hydrogen-bond acceptors (Lipinski definition) is 3. The third-order valence-electron chi connectivity index (χ3n) is 4.81. The number of carbonyl (C=O) groups excluding carboxylic acids is 1. The number of rotatable bonds is 11. The Kier molecular flexibility index (Phi) is 9.57. The van der Waals surface area contributed by atoms with E-state index in [1.54, 1.807) is 0 Å².